The fourth-order valence-electron chi connectivity index (χ4n) is 4.25. The quantitative estimate of drug-likeness (QED) is 0.784. The second kappa shape index (κ2) is 6.47. The molecule has 2 amide bonds. The van der Waals surface area contributed by atoms with Crippen LogP contribution in [0, 0.1) is 5.41 Å². The molecule has 0 saturated carbocycles. The lowest BCUT2D eigenvalue weighted by Crippen LogP contribution is -2.56. The van der Waals surface area contributed by atoms with Gasteiger partial charge >= 0.3 is 0 Å². The van der Waals surface area contributed by atoms with E-state index < -0.39 is 0 Å². The molecule has 2 saturated heterocycles. The van der Waals surface area contributed by atoms with E-state index in [0.717, 1.165) is 44.3 Å². The van der Waals surface area contributed by atoms with Crippen LogP contribution in [0.3, 0.4) is 0 Å². The summed E-state index contributed by atoms with van der Waals surface area (Å²) in [6, 6.07) is 7.96. The lowest BCUT2D eigenvalue weighted by molar-refractivity contribution is -0.148. The van der Waals surface area contributed by atoms with E-state index in [2.05, 4.69) is 20.8 Å². The highest BCUT2D eigenvalue weighted by Crippen LogP contribution is 2.39. The first-order chi connectivity index (χ1) is 11.7. The highest BCUT2D eigenvalue weighted by atomic mass is 16.2. The van der Waals surface area contributed by atoms with E-state index in [4.69, 9.17) is 0 Å². The molecule has 2 aliphatic rings. The van der Waals surface area contributed by atoms with Crippen molar-refractivity contribution >= 4 is 11.8 Å². The van der Waals surface area contributed by atoms with Crippen molar-refractivity contribution in [1.82, 2.24) is 9.80 Å². The highest BCUT2D eigenvalue weighted by molar-refractivity contribution is 5.95. The highest BCUT2D eigenvalue weighted by Gasteiger charge is 2.46. The predicted octanol–water partition coefficient (Wildman–Crippen LogP) is 3.46. The second-order valence-corrected chi connectivity index (χ2v) is 8.77. The number of hydrogen-bond donors (Lipinski definition) is 0. The summed E-state index contributed by atoms with van der Waals surface area (Å²) in [5, 5.41) is 0. The normalized spacial score (nSPS) is 24.7. The zero-order valence-electron chi connectivity index (χ0n) is 16.0. The van der Waals surface area contributed by atoms with Gasteiger partial charge in [0.15, 0.2) is 0 Å². The topological polar surface area (TPSA) is 40.6 Å². The van der Waals surface area contributed by atoms with Crippen molar-refractivity contribution in [3.63, 3.8) is 0 Å². The van der Waals surface area contributed by atoms with Crippen LogP contribution >= 0.6 is 0 Å². The number of amides is 2. The number of likely N-dealkylation sites (tertiary alicyclic amines) is 2. The van der Waals surface area contributed by atoms with Crippen LogP contribution < -0.4 is 0 Å². The van der Waals surface area contributed by atoms with E-state index >= 15 is 0 Å². The SMILES string of the molecule is CN1CCCC2(CCCN(C(=O)c3ccc(C(C)(C)C)cc3)C2)C1=O. The maximum atomic E-state index is 13.0. The summed E-state index contributed by atoms with van der Waals surface area (Å²) < 4.78 is 0. The molecule has 4 nitrogen and oxygen atoms in total. The number of benzene rings is 1. The molecule has 2 aliphatic heterocycles. The molecular formula is C21H30N2O2. The van der Waals surface area contributed by atoms with E-state index in [1.807, 2.05) is 41.1 Å². The summed E-state index contributed by atoms with van der Waals surface area (Å²) >= 11 is 0. The van der Waals surface area contributed by atoms with Gasteiger partial charge < -0.3 is 9.80 Å². The molecule has 25 heavy (non-hydrogen) atoms. The van der Waals surface area contributed by atoms with Crippen LogP contribution in [0.15, 0.2) is 24.3 Å². The molecule has 136 valence electrons. The van der Waals surface area contributed by atoms with E-state index in [-0.39, 0.29) is 22.6 Å². The molecule has 0 bridgehead atoms. The third-order valence-electron chi connectivity index (χ3n) is 5.81. The predicted molar refractivity (Wildman–Crippen MR) is 99.6 cm³/mol. The number of carbonyl (C=O) groups excluding carboxylic acids is 2. The summed E-state index contributed by atoms with van der Waals surface area (Å²) in [7, 11) is 1.88. The van der Waals surface area contributed by atoms with E-state index in [9.17, 15) is 9.59 Å². The van der Waals surface area contributed by atoms with Crippen molar-refractivity contribution in [2.45, 2.75) is 51.9 Å². The molecule has 0 N–H and O–H groups in total. The minimum absolute atomic E-state index is 0.0561. The third kappa shape index (κ3) is 3.44. The molecule has 0 radical (unpaired) electrons. The van der Waals surface area contributed by atoms with Crippen LogP contribution in [0.1, 0.15) is 62.4 Å². The number of rotatable bonds is 1. The van der Waals surface area contributed by atoms with E-state index in [1.54, 1.807) is 0 Å². The molecule has 1 aromatic rings. The summed E-state index contributed by atoms with van der Waals surface area (Å²) in [6.07, 6.45) is 3.75. The average Bonchev–Trinajstić information content (AvgIpc) is 2.59. The Hall–Kier alpha value is -1.84. The minimum Gasteiger partial charge on any atom is -0.345 e. The van der Waals surface area contributed by atoms with Crippen molar-refractivity contribution < 1.29 is 9.59 Å². The first-order valence-corrected chi connectivity index (χ1v) is 9.38. The van der Waals surface area contributed by atoms with Crippen molar-refractivity contribution in [3.8, 4) is 0 Å². The van der Waals surface area contributed by atoms with Crippen LogP contribution in [0.2, 0.25) is 0 Å². The van der Waals surface area contributed by atoms with Gasteiger partial charge in [-0.2, -0.15) is 0 Å². The molecule has 1 unspecified atom stereocenters. The van der Waals surface area contributed by atoms with Gasteiger partial charge in [0.25, 0.3) is 5.91 Å². The van der Waals surface area contributed by atoms with Gasteiger partial charge in [-0.15, -0.1) is 0 Å². The summed E-state index contributed by atoms with van der Waals surface area (Å²) in [5.41, 5.74) is 1.67. The molecule has 1 spiro atoms. The van der Waals surface area contributed by atoms with E-state index in [0.29, 0.717) is 6.54 Å². The smallest absolute Gasteiger partial charge is 0.253 e. The van der Waals surface area contributed by atoms with Crippen LogP contribution in [0.5, 0.6) is 0 Å². The molecule has 2 heterocycles. The third-order valence-corrected chi connectivity index (χ3v) is 5.81. The fourth-order valence-corrected chi connectivity index (χ4v) is 4.25. The molecule has 1 atom stereocenters. The van der Waals surface area contributed by atoms with Gasteiger partial charge in [0, 0.05) is 32.2 Å². The summed E-state index contributed by atoms with van der Waals surface area (Å²) in [4.78, 5) is 29.5. The van der Waals surface area contributed by atoms with Gasteiger partial charge in [0.05, 0.1) is 5.41 Å². The minimum atomic E-state index is -0.355. The first kappa shape index (κ1) is 18.0. The monoisotopic (exact) mass is 342 g/mol. The Morgan fingerprint density at radius 1 is 1.04 bits per heavy atom. The number of carbonyl (C=O) groups is 2. The molecule has 0 aliphatic carbocycles. The Kier molecular flexibility index (Phi) is 4.65. The molecular weight excluding hydrogens is 312 g/mol. The zero-order valence-corrected chi connectivity index (χ0v) is 16.0. The molecule has 3 rings (SSSR count). The van der Waals surface area contributed by atoms with Crippen LogP contribution in [0.25, 0.3) is 0 Å². The summed E-state index contributed by atoms with van der Waals surface area (Å²) in [6.45, 7) is 8.66. The standard InChI is InChI=1S/C21H30N2O2/c1-20(2,3)17-9-7-16(8-10-17)18(24)23-14-6-12-21(15-23)11-5-13-22(4)19(21)25/h7-10H,5-6,11-15H2,1-4H3. The lowest BCUT2D eigenvalue weighted by Gasteiger charge is -2.46. The van der Waals surface area contributed by atoms with Crippen LogP contribution in [-0.4, -0.2) is 48.3 Å². The van der Waals surface area contributed by atoms with Crippen molar-refractivity contribution in [2.24, 2.45) is 5.41 Å². The number of piperidine rings is 2. The second-order valence-electron chi connectivity index (χ2n) is 8.77. The lowest BCUT2D eigenvalue weighted by atomic mass is 9.73. The van der Waals surface area contributed by atoms with Crippen LogP contribution in [0.4, 0.5) is 0 Å². The maximum Gasteiger partial charge on any atom is 0.253 e. The average molecular weight is 342 g/mol. The van der Waals surface area contributed by atoms with Crippen LogP contribution in [-0.2, 0) is 10.2 Å². The Bertz CT molecular complexity index is 655. The van der Waals surface area contributed by atoms with Gasteiger partial charge in [-0.05, 0) is 48.8 Å². The molecule has 0 aromatic heterocycles. The Labute approximate surface area is 151 Å². The van der Waals surface area contributed by atoms with E-state index in [1.165, 1.54) is 5.56 Å². The Balaban J connectivity index is 1.77. The molecule has 1 aromatic carbocycles. The Morgan fingerprint density at radius 3 is 2.24 bits per heavy atom. The van der Waals surface area contributed by atoms with Crippen molar-refractivity contribution in [1.29, 1.82) is 0 Å². The maximum absolute atomic E-state index is 13.0. The van der Waals surface area contributed by atoms with Gasteiger partial charge in [-0.3, -0.25) is 9.59 Å². The van der Waals surface area contributed by atoms with Crippen molar-refractivity contribution in [2.75, 3.05) is 26.7 Å². The fraction of sp³-hybridized carbons (Fsp3) is 0.619. The van der Waals surface area contributed by atoms with Gasteiger partial charge in [0.2, 0.25) is 5.91 Å². The first-order valence-electron chi connectivity index (χ1n) is 9.38. The molecule has 4 heteroatoms. The van der Waals surface area contributed by atoms with Gasteiger partial charge in [0.1, 0.15) is 0 Å². The largest absolute Gasteiger partial charge is 0.345 e. The number of hydrogen-bond acceptors (Lipinski definition) is 2. The summed E-state index contributed by atoms with van der Waals surface area (Å²) in [5.74, 6) is 0.278. The zero-order chi connectivity index (χ0) is 18.2. The van der Waals surface area contributed by atoms with Gasteiger partial charge in [-0.1, -0.05) is 32.9 Å². The van der Waals surface area contributed by atoms with Gasteiger partial charge in [-0.25, -0.2) is 0 Å². The molecule has 2 fully saturated rings. The van der Waals surface area contributed by atoms with Crippen molar-refractivity contribution in [3.05, 3.63) is 35.4 Å². The Morgan fingerprint density at radius 2 is 1.64 bits per heavy atom. The number of nitrogens with zero attached hydrogens (tertiary/aromatic N) is 2.